The monoisotopic (exact) mass is 249 g/mol. The van der Waals surface area contributed by atoms with E-state index in [1.807, 2.05) is 0 Å². The molecule has 0 amide bonds. The molecule has 0 radical (unpaired) electrons. The molecule has 0 unspecified atom stereocenters. The summed E-state index contributed by atoms with van der Waals surface area (Å²) in [7, 11) is 1.50. The maximum absolute atomic E-state index is 11.4. The summed E-state index contributed by atoms with van der Waals surface area (Å²) in [5.74, 6) is -0.0832. The molecule has 0 aliphatic rings. The van der Waals surface area contributed by atoms with Crippen LogP contribution in [0.4, 0.5) is 0 Å². The second-order valence-corrected chi connectivity index (χ2v) is 3.22. The summed E-state index contributed by atoms with van der Waals surface area (Å²) < 4.78 is 14.9. The van der Waals surface area contributed by atoms with E-state index in [9.17, 15) is 4.79 Å². The highest BCUT2D eigenvalue weighted by molar-refractivity contribution is 5.85. The maximum atomic E-state index is 11.4. The van der Waals surface area contributed by atoms with E-state index in [1.165, 1.54) is 13.3 Å². The quantitative estimate of drug-likeness (QED) is 0.755. The molecule has 0 saturated carbocycles. The van der Waals surface area contributed by atoms with Crippen LogP contribution in [-0.2, 0) is 4.74 Å². The highest BCUT2D eigenvalue weighted by Crippen LogP contribution is 2.26. The number of carbonyl (C=O) groups excluding carboxylic acids is 1. The summed E-state index contributed by atoms with van der Waals surface area (Å²) in [6, 6.07) is 1.65. The van der Waals surface area contributed by atoms with Crippen LogP contribution >= 0.6 is 0 Å². The Balaban J connectivity index is 2.32. The van der Waals surface area contributed by atoms with Gasteiger partial charge >= 0.3 is 5.97 Å². The van der Waals surface area contributed by atoms with E-state index in [0.717, 1.165) is 0 Å². The van der Waals surface area contributed by atoms with Crippen molar-refractivity contribution in [3.05, 3.63) is 24.3 Å². The summed E-state index contributed by atoms with van der Waals surface area (Å²) >= 11 is 0. The number of hydrogen-bond acceptors (Lipinski definition) is 7. The number of esters is 1. The third kappa shape index (κ3) is 2.29. The number of carbonyl (C=O) groups is 1. The number of pyridine rings is 1. The van der Waals surface area contributed by atoms with E-state index in [2.05, 4.69) is 15.1 Å². The van der Waals surface area contributed by atoms with Crippen LogP contribution < -0.4 is 4.74 Å². The van der Waals surface area contributed by atoms with Gasteiger partial charge in [-0.2, -0.15) is 4.98 Å². The fourth-order valence-corrected chi connectivity index (χ4v) is 1.33. The first-order valence-electron chi connectivity index (χ1n) is 5.25. The largest absolute Gasteiger partial charge is 0.494 e. The third-order valence-corrected chi connectivity index (χ3v) is 2.12. The Morgan fingerprint density at radius 1 is 1.50 bits per heavy atom. The minimum atomic E-state index is -0.625. The molecule has 2 aromatic rings. The lowest BCUT2D eigenvalue weighted by Crippen LogP contribution is -2.06. The van der Waals surface area contributed by atoms with E-state index in [1.54, 1.807) is 19.2 Å². The predicted molar refractivity (Wildman–Crippen MR) is 60.0 cm³/mol. The standard InChI is InChI=1S/C11H11N3O4/c1-3-17-11(15)9-13-10(18-14-9)7-4-5-12-6-8(7)16-2/h4-6H,3H2,1-2H3. The van der Waals surface area contributed by atoms with Crippen LogP contribution in [0.1, 0.15) is 17.5 Å². The molecule has 0 atom stereocenters. The molecule has 2 heterocycles. The normalized spacial score (nSPS) is 10.1. The zero-order valence-corrected chi connectivity index (χ0v) is 9.91. The van der Waals surface area contributed by atoms with E-state index < -0.39 is 5.97 Å². The maximum Gasteiger partial charge on any atom is 0.379 e. The van der Waals surface area contributed by atoms with Crippen molar-refractivity contribution in [1.82, 2.24) is 15.1 Å². The van der Waals surface area contributed by atoms with Crippen LogP contribution in [0.2, 0.25) is 0 Å². The van der Waals surface area contributed by atoms with E-state index in [-0.39, 0.29) is 18.3 Å². The molecule has 2 rings (SSSR count). The van der Waals surface area contributed by atoms with Crippen molar-refractivity contribution in [1.29, 1.82) is 0 Å². The van der Waals surface area contributed by atoms with Crippen LogP contribution in [0.25, 0.3) is 11.5 Å². The van der Waals surface area contributed by atoms with E-state index in [0.29, 0.717) is 11.3 Å². The Hall–Kier alpha value is -2.44. The molecule has 0 bridgehead atoms. The first-order chi connectivity index (χ1) is 8.76. The van der Waals surface area contributed by atoms with E-state index >= 15 is 0 Å². The van der Waals surface area contributed by atoms with Crippen molar-refractivity contribution in [3.63, 3.8) is 0 Å². The van der Waals surface area contributed by atoms with Crippen LogP contribution in [0.5, 0.6) is 5.75 Å². The van der Waals surface area contributed by atoms with E-state index in [4.69, 9.17) is 14.0 Å². The summed E-state index contributed by atoms with van der Waals surface area (Å²) in [5, 5.41) is 3.55. The van der Waals surface area contributed by atoms with Crippen molar-refractivity contribution in [3.8, 4) is 17.2 Å². The summed E-state index contributed by atoms with van der Waals surface area (Å²) in [6.07, 6.45) is 3.08. The zero-order chi connectivity index (χ0) is 13.0. The number of methoxy groups -OCH3 is 1. The number of rotatable bonds is 4. The van der Waals surface area contributed by atoms with Gasteiger partial charge in [-0.25, -0.2) is 4.79 Å². The molecule has 94 valence electrons. The number of ether oxygens (including phenoxy) is 2. The van der Waals surface area contributed by atoms with Crippen LogP contribution in [-0.4, -0.2) is 34.8 Å². The average Bonchev–Trinajstić information content (AvgIpc) is 2.88. The fourth-order valence-electron chi connectivity index (χ4n) is 1.33. The molecule has 0 aliphatic carbocycles. The predicted octanol–water partition coefficient (Wildman–Crippen LogP) is 1.32. The van der Waals surface area contributed by atoms with Crippen LogP contribution in [0.15, 0.2) is 23.0 Å². The summed E-state index contributed by atoms with van der Waals surface area (Å²) in [4.78, 5) is 19.2. The third-order valence-electron chi connectivity index (χ3n) is 2.12. The molecule has 0 spiro atoms. The van der Waals surface area contributed by atoms with Gasteiger partial charge in [0.05, 0.1) is 25.5 Å². The molecule has 0 N–H and O–H groups in total. The Morgan fingerprint density at radius 3 is 3.06 bits per heavy atom. The number of nitrogens with zero attached hydrogens (tertiary/aromatic N) is 3. The smallest absolute Gasteiger partial charge is 0.379 e. The molecular weight excluding hydrogens is 238 g/mol. The SMILES string of the molecule is CCOC(=O)c1noc(-c2ccncc2OC)n1. The van der Waals surface area contributed by atoms with Crippen molar-refractivity contribution < 1.29 is 18.8 Å². The average molecular weight is 249 g/mol. The van der Waals surface area contributed by atoms with Gasteiger partial charge in [-0.1, -0.05) is 0 Å². The fraction of sp³-hybridized carbons (Fsp3) is 0.273. The van der Waals surface area contributed by atoms with Gasteiger partial charge in [-0.15, -0.1) is 0 Å². The lowest BCUT2D eigenvalue weighted by atomic mass is 10.2. The van der Waals surface area contributed by atoms with Gasteiger partial charge in [-0.05, 0) is 18.1 Å². The zero-order valence-electron chi connectivity index (χ0n) is 9.91. The van der Waals surface area contributed by atoms with Crippen LogP contribution in [0, 0.1) is 0 Å². The van der Waals surface area contributed by atoms with Crippen molar-refractivity contribution in [2.45, 2.75) is 6.92 Å². The first-order valence-corrected chi connectivity index (χ1v) is 5.25. The second-order valence-electron chi connectivity index (χ2n) is 3.22. The molecule has 2 aromatic heterocycles. The molecular formula is C11H11N3O4. The molecule has 0 saturated heterocycles. The van der Waals surface area contributed by atoms with Gasteiger partial charge in [0.1, 0.15) is 5.75 Å². The van der Waals surface area contributed by atoms with Gasteiger partial charge in [0.25, 0.3) is 11.7 Å². The Bertz CT molecular complexity index is 553. The lowest BCUT2D eigenvalue weighted by Gasteiger charge is -2.01. The molecule has 7 nitrogen and oxygen atoms in total. The minimum Gasteiger partial charge on any atom is -0.494 e. The lowest BCUT2D eigenvalue weighted by molar-refractivity contribution is 0.0508. The van der Waals surface area contributed by atoms with Crippen LogP contribution in [0.3, 0.4) is 0 Å². The summed E-state index contributed by atoms with van der Waals surface area (Å²) in [6.45, 7) is 1.95. The van der Waals surface area contributed by atoms with Gasteiger partial charge in [0.2, 0.25) is 0 Å². The topological polar surface area (TPSA) is 87.3 Å². The Labute approximate surface area is 103 Å². The van der Waals surface area contributed by atoms with Crippen molar-refractivity contribution >= 4 is 5.97 Å². The van der Waals surface area contributed by atoms with Gasteiger partial charge in [0, 0.05) is 6.20 Å². The highest BCUT2D eigenvalue weighted by atomic mass is 16.5. The molecule has 0 aliphatic heterocycles. The molecule has 18 heavy (non-hydrogen) atoms. The minimum absolute atomic E-state index is 0.120. The highest BCUT2D eigenvalue weighted by Gasteiger charge is 2.18. The van der Waals surface area contributed by atoms with Gasteiger partial charge in [0.15, 0.2) is 0 Å². The molecule has 0 aromatic carbocycles. The Kier molecular flexibility index (Phi) is 3.52. The van der Waals surface area contributed by atoms with Crippen molar-refractivity contribution in [2.24, 2.45) is 0 Å². The van der Waals surface area contributed by atoms with Gasteiger partial charge < -0.3 is 14.0 Å². The second kappa shape index (κ2) is 5.26. The Morgan fingerprint density at radius 2 is 2.33 bits per heavy atom. The summed E-state index contributed by atoms with van der Waals surface area (Å²) in [5.41, 5.74) is 0.565. The molecule has 7 heteroatoms. The van der Waals surface area contributed by atoms with Crippen molar-refractivity contribution in [2.75, 3.05) is 13.7 Å². The molecule has 0 fully saturated rings. The van der Waals surface area contributed by atoms with Gasteiger partial charge in [-0.3, -0.25) is 4.98 Å². The first kappa shape index (κ1) is 12.0. The number of aromatic nitrogens is 3. The number of hydrogen-bond donors (Lipinski definition) is 0.